The van der Waals surface area contributed by atoms with Crippen molar-refractivity contribution in [1.82, 2.24) is 9.78 Å². The molecule has 0 aliphatic carbocycles. The van der Waals surface area contributed by atoms with Gasteiger partial charge < -0.3 is 15.2 Å². The zero-order valence-corrected chi connectivity index (χ0v) is 9.88. The summed E-state index contributed by atoms with van der Waals surface area (Å²) in [6, 6.07) is 5.36. The van der Waals surface area contributed by atoms with Crippen LogP contribution in [0, 0.1) is 0 Å². The molecule has 0 amide bonds. The summed E-state index contributed by atoms with van der Waals surface area (Å²) in [4.78, 5) is 0. The van der Waals surface area contributed by atoms with Crippen molar-refractivity contribution < 1.29 is 9.47 Å². The molecule has 17 heavy (non-hydrogen) atoms. The summed E-state index contributed by atoms with van der Waals surface area (Å²) in [7, 11) is 3.46. The number of aryl methyl sites for hydroxylation is 1. The van der Waals surface area contributed by atoms with Crippen LogP contribution in [0.2, 0.25) is 0 Å². The summed E-state index contributed by atoms with van der Waals surface area (Å²) in [5.74, 6) is 1.37. The van der Waals surface area contributed by atoms with E-state index in [1.807, 2.05) is 19.3 Å². The van der Waals surface area contributed by atoms with E-state index in [1.54, 1.807) is 30.1 Å². The number of rotatable bonds is 4. The number of nitrogens with zero attached hydrogens (tertiary/aromatic N) is 2. The molecule has 2 rings (SSSR count). The molecular formula is C12H15N3O2. The molecule has 0 aliphatic heterocycles. The minimum Gasteiger partial charge on any atom is -0.495 e. The predicted molar refractivity (Wildman–Crippen MR) is 64.9 cm³/mol. The molecule has 2 aromatic rings. The third-order valence-electron chi connectivity index (χ3n) is 2.37. The SMILES string of the molecule is COc1ccc(OCc2cnn(C)c2)cc1N. The number of nitrogens with two attached hydrogens (primary N) is 1. The Labute approximate surface area is 99.8 Å². The van der Waals surface area contributed by atoms with E-state index in [4.69, 9.17) is 15.2 Å². The zero-order valence-electron chi connectivity index (χ0n) is 9.88. The first-order valence-corrected chi connectivity index (χ1v) is 5.23. The molecule has 0 unspecified atom stereocenters. The van der Waals surface area contributed by atoms with Gasteiger partial charge in [-0.1, -0.05) is 0 Å². The van der Waals surface area contributed by atoms with Crippen molar-refractivity contribution >= 4 is 5.69 Å². The number of ether oxygens (including phenoxy) is 2. The third-order valence-corrected chi connectivity index (χ3v) is 2.37. The topological polar surface area (TPSA) is 62.3 Å². The van der Waals surface area contributed by atoms with Gasteiger partial charge >= 0.3 is 0 Å². The van der Waals surface area contributed by atoms with E-state index in [-0.39, 0.29) is 0 Å². The maximum atomic E-state index is 5.78. The molecule has 0 saturated carbocycles. The Balaban J connectivity index is 2.02. The fourth-order valence-electron chi connectivity index (χ4n) is 1.52. The Morgan fingerprint density at radius 1 is 1.41 bits per heavy atom. The third kappa shape index (κ3) is 2.69. The maximum Gasteiger partial charge on any atom is 0.142 e. The van der Waals surface area contributed by atoms with Gasteiger partial charge in [0.25, 0.3) is 0 Å². The summed E-state index contributed by atoms with van der Waals surface area (Å²) in [5, 5.41) is 4.07. The molecule has 0 radical (unpaired) electrons. The van der Waals surface area contributed by atoms with E-state index in [0.717, 1.165) is 5.56 Å². The standard InChI is InChI=1S/C12H15N3O2/c1-15-7-9(6-14-15)8-17-10-3-4-12(16-2)11(13)5-10/h3-7H,8,13H2,1-2H3. The predicted octanol–water partition coefficient (Wildman–Crippen LogP) is 1.59. The van der Waals surface area contributed by atoms with Crippen LogP contribution in [-0.4, -0.2) is 16.9 Å². The second-order valence-electron chi connectivity index (χ2n) is 3.71. The Hall–Kier alpha value is -2.17. The molecule has 0 bridgehead atoms. The molecule has 0 fully saturated rings. The minimum absolute atomic E-state index is 0.472. The quantitative estimate of drug-likeness (QED) is 0.814. The van der Waals surface area contributed by atoms with Gasteiger partial charge in [0.15, 0.2) is 0 Å². The van der Waals surface area contributed by atoms with Crippen LogP contribution in [0.15, 0.2) is 30.6 Å². The Morgan fingerprint density at radius 3 is 2.82 bits per heavy atom. The lowest BCUT2D eigenvalue weighted by Crippen LogP contribution is -1.97. The van der Waals surface area contributed by atoms with Gasteiger partial charge in [0, 0.05) is 24.9 Å². The van der Waals surface area contributed by atoms with Crippen LogP contribution in [0.3, 0.4) is 0 Å². The molecule has 0 saturated heterocycles. The van der Waals surface area contributed by atoms with E-state index in [2.05, 4.69) is 5.10 Å². The van der Waals surface area contributed by atoms with Crippen molar-refractivity contribution in [3.05, 3.63) is 36.2 Å². The lowest BCUT2D eigenvalue weighted by molar-refractivity contribution is 0.305. The van der Waals surface area contributed by atoms with Gasteiger partial charge in [-0.15, -0.1) is 0 Å². The van der Waals surface area contributed by atoms with E-state index >= 15 is 0 Å². The summed E-state index contributed by atoms with van der Waals surface area (Å²) in [5.41, 5.74) is 7.37. The fourth-order valence-corrected chi connectivity index (χ4v) is 1.52. The average Bonchev–Trinajstić information content (AvgIpc) is 2.73. The highest BCUT2D eigenvalue weighted by Crippen LogP contribution is 2.26. The molecule has 1 aromatic carbocycles. The van der Waals surface area contributed by atoms with Crippen molar-refractivity contribution in [1.29, 1.82) is 0 Å². The molecule has 5 nitrogen and oxygen atoms in total. The summed E-state index contributed by atoms with van der Waals surface area (Å²) < 4.78 is 12.4. The lowest BCUT2D eigenvalue weighted by Gasteiger charge is -2.08. The van der Waals surface area contributed by atoms with Crippen LogP contribution in [-0.2, 0) is 13.7 Å². The lowest BCUT2D eigenvalue weighted by atomic mass is 10.3. The van der Waals surface area contributed by atoms with E-state index in [0.29, 0.717) is 23.8 Å². The number of anilines is 1. The smallest absolute Gasteiger partial charge is 0.142 e. The first-order chi connectivity index (χ1) is 8.19. The van der Waals surface area contributed by atoms with Gasteiger partial charge in [0.1, 0.15) is 18.1 Å². The minimum atomic E-state index is 0.472. The number of hydrogen-bond donors (Lipinski definition) is 1. The van der Waals surface area contributed by atoms with Gasteiger partial charge in [-0.2, -0.15) is 5.10 Å². The van der Waals surface area contributed by atoms with Crippen molar-refractivity contribution in [2.75, 3.05) is 12.8 Å². The molecule has 0 aliphatic rings. The zero-order chi connectivity index (χ0) is 12.3. The van der Waals surface area contributed by atoms with Crippen LogP contribution >= 0.6 is 0 Å². The van der Waals surface area contributed by atoms with Crippen LogP contribution < -0.4 is 15.2 Å². The summed E-state index contributed by atoms with van der Waals surface area (Å²) in [6.07, 6.45) is 3.68. The van der Waals surface area contributed by atoms with Crippen molar-refractivity contribution in [3.63, 3.8) is 0 Å². The largest absolute Gasteiger partial charge is 0.495 e. The number of benzene rings is 1. The number of aromatic nitrogens is 2. The van der Waals surface area contributed by atoms with Crippen LogP contribution in [0.25, 0.3) is 0 Å². The average molecular weight is 233 g/mol. The summed E-state index contributed by atoms with van der Waals surface area (Å²) >= 11 is 0. The van der Waals surface area contributed by atoms with Gasteiger partial charge in [-0.3, -0.25) is 4.68 Å². The Kier molecular flexibility index (Phi) is 3.18. The second kappa shape index (κ2) is 4.78. The molecule has 0 spiro atoms. The molecule has 1 heterocycles. The first-order valence-electron chi connectivity index (χ1n) is 5.23. The normalized spacial score (nSPS) is 10.2. The summed E-state index contributed by atoms with van der Waals surface area (Å²) in [6.45, 7) is 0.472. The first kappa shape index (κ1) is 11.3. The molecule has 2 N–H and O–H groups in total. The van der Waals surface area contributed by atoms with E-state index in [9.17, 15) is 0 Å². The van der Waals surface area contributed by atoms with Gasteiger partial charge in [-0.05, 0) is 12.1 Å². The Morgan fingerprint density at radius 2 is 2.24 bits per heavy atom. The van der Waals surface area contributed by atoms with E-state index in [1.165, 1.54) is 0 Å². The molecule has 5 heteroatoms. The van der Waals surface area contributed by atoms with Crippen molar-refractivity contribution in [2.24, 2.45) is 7.05 Å². The van der Waals surface area contributed by atoms with E-state index < -0.39 is 0 Å². The highest BCUT2D eigenvalue weighted by atomic mass is 16.5. The highest BCUT2D eigenvalue weighted by Gasteiger charge is 2.02. The second-order valence-corrected chi connectivity index (χ2v) is 3.71. The molecular weight excluding hydrogens is 218 g/mol. The highest BCUT2D eigenvalue weighted by molar-refractivity contribution is 5.56. The van der Waals surface area contributed by atoms with Crippen LogP contribution in [0.5, 0.6) is 11.5 Å². The van der Waals surface area contributed by atoms with Gasteiger partial charge in [0.2, 0.25) is 0 Å². The fraction of sp³-hybridized carbons (Fsp3) is 0.250. The van der Waals surface area contributed by atoms with Crippen molar-refractivity contribution in [2.45, 2.75) is 6.61 Å². The molecule has 0 atom stereocenters. The number of hydrogen-bond acceptors (Lipinski definition) is 4. The number of nitrogen functional groups attached to an aromatic ring is 1. The maximum absolute atomic E-state index is 5.78. The van der Waals surface area contributed by atoms with Crippen LogP contribution in [0.1, 0.15) is 5.56 Å². The number of methoxy groups -OCH3 is 1. The van der Waals surface area contributed by atoms with Crippen LogP contribution in [0.4, 0.5) is 5.69 Å². The van der Waals surface area contributed by atoms with Gasteiger partial charge in [0.05, 0.1) is 19.0 Å². The monoisotopic (exact) mass is 233 g/mol. The van der Waals surface area contributed by atoms with Gasteiger partial charge in [-0.25, -0.2) is 0 Å². The van der Waals surface area contributed by atoms with Crippen molar-refractivity contribution in [3.8, 4) is 11.5 Å². The Bertz CT molecular complexity index is 508. The molecule has 1 aromatic heterocycles. The molecule has 90 valence electrons.